The zero-order chi connectivity index (χ0) is 84.4. The first-order valence-corrected chi connectivity index (χ1v) is 59.7. The van der Waals surface area contributed by atoms with E-state index in [4.69, 9.17) is 36.6 Å². The van der Waals surface area contributed by atoms with Crippen molar-refractivity contribution in [3.8, 4) is 0 Å². The normalized spacial score (nSPS) is 16.9. The van der Waals surface area contributed by atoms with Crippen molar-refractivity contribution in [2.75, 3.05) is 58.5 Å². The van der Waals surface area contributed by atoms with E-state index < -0.39 is 107 Å². The number of benzene rings is 2. The number of hydrogen-bond acceptors (Lipinski definition) is 21. The van der Waals surface area contributed by atoms with E-state index in [0.717, 1.165) is 4.11 Å². The summed E-state index contributed by atoms with van der Waals surface area (Å²) >= 11 is -1.88. The number of aryl methyl sites for hydroxylation is 3. The number of aromatic nitrogens is 6. The van der Waals surface area contributed by atoms with Gasteiger partial charge in [-0.25, -0.2) is 14.4 Å². The van der Waals surface area contributed by atoms with E-state index in [9.17, 15) is 69.9 Å². The number of allylic oxidation sites excluding steroid dienone is 8. The Balaban J connectivity index is 0.000000351. The van der Waals surface area contributed by atoms with Gasteiger partial charge in [-0.2, -0.15) is 0 Å². The van der Waals surface area contributed by atoms with E-state index in [0.29, 0.717) is 23.2 Å². The van der Waals surface area contributed by atoms with E-state index >= 15 is 0 Å². The molecule has 27 nitrogen and oxygen atoms in total. The van der Waals surface area contributed by atoms with Crippen LogP contribution in [-0.4, -0.2) is 118 Å². The summed E-state index contributed by atoms with van der Waals surface area (Å²) in [4.78, 5) is 74.3. The Kier molecular flexibility index (Phi) is 50.1. The minimum atomic E-state index is -3.78. The quantitative estimate of drug-likeness (QED) is 0.0227. The SMILES string of the molecule is C1CCC([PH+](C2CCCCC2)C2CCCCC2)CC1.C=CCP(=O)(O[P+](C)=O)O[P+](C)=O.CC=CCn1cc(C)c(=O)[nH]c1=O.CCC[SiH2].Cc1cn(C/C=C/CP(=O)(O[P+](C)=O)O[P+](C)=O)c(=O)[nH]c1=O.Cc1cn(C/C=C\CP(=O)(O[P+](C)=O)O[P+](C)=O)c(=O)[nH]c1=O.[Cl][Ru]([Cl])=[C]1C=C(c2ccccc2)c2ccccc21. The van der Waals surface area contributed by atoms with Gasteiger partial charge in [-0.1, -0.05) is 107 Å². The molecule has 0 amide bonds. The van der Waals surface area contributed by atoms with Crippen LogP contribution in [0.2, 0.25) is 6.04 Å². The van der Waals surface area contributed by atoms with E-state index in [1.54, 1.807) is 123 Å². The van der Waals surface area contributed by atoms with Crippen LogP contribution < -0.4 is 33.7 Å². The molecular weight excluding hydrogens is 1790 g/mol. The van der Waals surface area contributed by atoms with Gasteiger partial charge in [0.2, 0.25) is 0 Å². The van der Waals surface area contributed by atoms with E-state index in [1.165, 1.54) is 148 Å². The number of nitrogens with zero attached hydrogens (tertiary/aromatic N) is 3. The van der Waals surface area contributed by atoms with Gasteiger partial charge in [0.15, 0.2) is 40.0 Å². The fourth-order valence-electron chi connectivity index (χ4n) is 12.2. The first-order chi connectivity index (χ1) is 53.4. The number of hydrogen-bond donors (Lipinski definition) is 3. The van der Waals surface area contributed by atoms with Gasteiger partial charge in [-0.3, -0.25) is 56.7 Å². The molecular formula is C72H110Cl2N6O21P10RuSi+7. The molecule has 3 fully saturated rings. The Morgan fingerprint density at radius 3 is 1.09 bits per heavy atom. The Morgan fingerprint density at radius 2 is 0.796 bits per heavy atom. The molecule has 2 aromatic carbocycles. The van der Waals surface area contributed by atoms with E-state index in [2.05, 4.69) is 73.5 Å². The molecule has 6 unspecified atom stereocenters. The van der Waals surface area contributed by atoms with Crippen molar-refractivity contribution in [2.24, 2.45) is 0 Å². The summed E-state index contributed by atoms with van der Waals surface area (Å²) in [5, 5.41) is 0. The van der Waals surface area contributed by atoms with Gasteiger partial charge in [0.25, 0.3) is 16.7 Å². The third-order valence-electron chi connectivity index (χ3n) is 17.0. The molecule has 0 spiro atoms. The maximum atomic E-state index is 12.2. The molecule has 623 valence electrons. The number of aromatic amines is 3. The average molecular weight is 1910 g/mol. The predicted octanol–water partition coefficient (Wildman–Crippen LogP) is 19.5. The first-order valence-electron chi connectivity index (χ1n) is 36.7. The second-order valence-electron chi connectivity index (χ2n) is 26.3. The van der Waals surface area contributed by atoms with E-state index in [-0.39, 0.29) is 50.7 Å². The molecule has 3 aromatic heterocycles. The zero-order valence-corrected chi connectivity index (χ0v) is 79.7. The molecule has 1 radical (unpaired) electrons. The van der Waals surface area contributed by atoms with Gasteiger partial charge < -0.3 is 0 Å². The number of rotatable bonds is 29. The number of halogens is 2. The van der Waals surface area contributed by atoms with Gasteiger partial charge in [0.05, 0.1) is 35.5 Å². The Labute approximate surface area is 685 Å². The van der Waals surface area contributed by atoms with Crippen molar-refractivity contribution in [2.45, 2.75) is 180 Å². The molecule has 4 aliphatic rings. The van der Waals surface area contributed by atoms with Crippen molar-refractivity contribution < 1.29 is 80.5 Å². The van der Waals surface area contributed by atoms with Crippen LogP contribution in [0.3, 0.4) is 0 Å². The summed E-state index contributed by atoms with van der Waals surface area (Å²) in [5.41, 5.74) is 7.09. The van der Waals surface area contributed by atoms with Crippen molar-refractivity contribution in [1.82, 2.24) is 28.7 Å². The van der Waals surface area contributed by atoms with Crippen LogP contribution in [0, 0.1) is 20.8 Å². The fraction of sp³-hybridized carbons (Fsp3) is 0.514. The third-order valence-corrected chi connectivity index (χ3v) is 38.9. The van der Waals surface area contributed by atoms with Crippen LogP contribution >= 0.6 is 98.3 Å². The maximum absolute atomic E-state index is 12.2. The Bertz CT molecular complexity index is 4480. The first kappa shape index (κ1) is 103. The molecule has 3 heterocycles. The van der Waals surface area contributed by atoms with Gasteiger partial charge in [-0.05, 0) is 132 Å². The summed E-state index contributed by atoms with van der Waals surface area (Å²) in [5.74, 6) is 0. The average Bonchev–Trinajstić information content (AvgIpc) is 1.67. The Hall–Kier alpha value is -4.05. The second-order valence-corrected chi connectivity index (χ2v) is 50.3. The summed E-state index contributed by atoms with van der Waals surface area (Å²) < 4.78 is 135. The Morgan fingerprint density at radius 1 is 0.496 bits per heavy atom. The monoisotopic (exact) mass is 1900 g/mol. The summed E-state index contributed by atoms with van der Waals surface area (Å²) in [7, 11) is -9.58. The number of fused-ring (bicyclic) bond motifs is 1. The standard InChI is InChI=1S/C18H33P.C15H10.2C11H16N2O7P3.C9H12N2O2.C5H11O5P3.C3H9Si.2ClH.Ru/c1-4-10-16(11-5-1)19(17-12-6-2-7-13-17)18-14-8-3-9-15-18;1-2-6-12(7-3-1)15-11-10-13-8-4-5-9-14(13)15;2*1-9-8-13(11(15)12-10(9)14)6-4-5-7-23(18,19-21(2)16)20-22(3)17;1-3-4-5-11-6-7(2)8(12)10-9(11)13;1-4-5-13(8,9-11(2)6)10-12(3)7;1-2-3-4;;;/h16-18H,1-15H2;1-9,11H;2*4-5,8H,6-7H2,1-3H3;3-4,6H,5H2,1-2H3,(H,10,12,13);4H,1,5H2,2-3H3;2-4H2,1H3;2*1H;/q;;2*+1;;+2;;;;+2/p+1/b;;5-4+;5-4-;;;;;;. The van der Waals surface area contributed by atoms with Crippen LogP contribution in [0.1, 0.15) is 150 Å². The number of H-pyrrole nitrogens is 3. The molecule has 0 bridgehead atoms. The van der Waals surface area contributed by atoms with Crippen molar-refractivity contribution in [3.63, 3.8) is 0 Å². The van der Waals surface area contributed by atoms with Gasteiger partial charge >= 0.3 is 208 Å². The second kappa shape index (κ2) is 54.9. The molecule has 41 heteroatoms. The van der Waals surface area contributed by atoms with Crippen molar-refractivity contribution >= 4 is 118 Å². The molecule has 6 atom stereocenters. The third kappa shape index (κ3) is 40.0. The van der Waals surface area contributed by atoms with Crippen LogP contribution in [0.4, 0.5) is 0 Å². The molecule has 9 rings (SSSR count). The van der Waals surface area contributed by atoms with Crippen LogP contribution in [0.15, 0.2) is 157 Å². The molecule has 3 N–H and O–H groups in total. The van der Waals surface area contributed by atoms with Crippen LogP contribution in [-0.2, 0) is 100 Å². The predicted molar refractivity (Wildman–Crippen MR) is 465 cm³/mol. The summed E-state index contributed by atoms with van der Waals surface area (Å²) in [6.45, 7) is 20.3. The molecule has 0 saturated heterocycles. The van der Waals surface area contributed by atoms with E-state index in [1.807, 2.05) is 53.6 Å². The molecule has 113 heavy (non-hydrogen) atoms. The fourth-order valence-corrected chi connectivity index (χ4v) is 32.2. The van der Waals surface area contributed by atoms with Gasteiger partial charge in [0.1, 0.15) is 0 Å². The zero-order valence-electron chi connectivity index (χ0n) is 66.0. The van der Waals surface area contributed by atoms with Crippen LogP contribution in [0.5, 0.6) is 0 Å². The molecule has 3 saturated carbocycles. The molecule has 4 aliphatic carbocycles. The minimum absolute atomic E-state index is 0.0465. The molecule has 5 aromatic rings. The summed E-state index contributed by atoms with van der Waals surface area (Å²) in [6, 6.07) is 20.0. The van der Waals surface area contributed by atoms with Gasteiger partial charge in [-0.15, -0.1) is 6.58 Å². The van der Waals surface area contributed by atoms with Crippen molar-refractivity contribution in [3.05, 3.63) is 224 Å². The van der Waals surface area contributed by atoms with Crippen molar-refractivity contribution in [1.29, 1.82) is 0 Å². The molecule has 0 aliphatic heterocycles. The summed E-state index contributed by atoms with van der Waals surface area (Å²) in [6.07, 6.45) is 41.9. The topological polar surface area (TPSA) is 374 Å². The number of nitrogens with one attached hydrogen (secondary N) is 3. The van der Waals surface area contributed by atoms with Crippen LogP contribution in [0.25, 0.3) is 5.57 Å². The van der Waals surface area contributed by atoms with Gasteiger partial charge in [0, 0.05) is 73.1 Å².